The van der Waals surface area contributed by atoms with E-state index in [1.54, 1.807) is 107 Å². The van der Waals surface area contributed by atoms with E-state index in [-0.39, 0.29) is 50.2 Å². The zero-order valence-electron chi connectivity index (χ0n) is 50.6. The first kappa shape index (κ1) is 76.0. The maximum absolute atomic E-state index is 12.9. The summed E-state index contributed by atoms with van der Waals surface area (Å²) < 4.78 is 48.3. The number of hydrogen-bond donors (Lipinski definition) is 4. The number of amides is 3. The Kier molecular flexibility index (Phi) is 30.6. The lowest BCUT2D eigenvalue weighted by molar-refractivity contribution is -0.185. The molecule has 3 amide bonds. The monoisotopic (exact) mass is 1250 g/mol. The van der Waals surface area contributed by atoms with Crippen molar-refractivity contribution in [3.8, 4) is 11.5 Å². The molecule has 23 heteroatoms. The van der Waals surface area contributed by atoms with Gasteiger partial charge in [-0.15, -0.1) is 12.4 Å². The molecule has 4 rings (SSSR count). The second kappa shape index (κ2) is 34.2. The fourth-order valence-corrected chi connectivity index (χ4v) is 7.21. The van der Waals surface area contributed by atoms with E-state index in [0.29, 0.717) is 58.6 Å². The molecule has 0 saturated heterocycles. The molecule has 0 radical (unpaired) electrons. The predicted octanol–water partition coefficient (Wildman–Crippen LogP) is 12.4. The maximum atomic E-state index is 12.9. The third-order valence-corrected chi connectivity index (χ3v) is 12.2. The summed E-state index contributed by atoms with van der Waals surface area (Å²) in [5.41, 5.74) is 4.27. The fraction of sp³-hybridized carbons (Fsp3) is 0.500. The molecular weight excluding hydrogens is 1160 g/mol. The third kappa shape index (κ3) is 28.6. The summed E-state index contributed by atoms with van der Waals surface area (Å²) >= 11 is 11.7. The van der Waals surface area contributed by atoms with Crippen LogP contribution >= 0.6 is 35.6 Å². The highest BCUT2D eigenvalue weighted by molar-refractivity contribution is 6.31. The predicted molar refractivity (Wildman–Crippen MR) is 327 cm³/mol. The van der Waals surface area contributed by atoms with Crippen LogP contribution in [0.3, 0.4) is 0 Å². The van der Waals surface area contributed by atoms with Crippen molar-refractivity contribution >= 4 is 77.8 Å². The van der Waals surface area contributed by atoms with E-state index < -0.39 is 77.3 Å². The number of carbonyl (C=O) groups excluding carboxylic acids is 7. The van der Waals surface area contributed by atoms with Crippen LogP contribution in [-0.2, 0) is 55.6 Å². The summed E-state index contributed by atoms with van der Waals surface area (Å²) in [7, 11) is 0. The van der Waals surface area contributed by atoms with Crippen molar-refractivity contribution in [1.82, 2.24) is 16.0 Å². The number of alkyl carbamates (subject to hydrolysis) is 1. The van der Waals surface area contributed by atoms with Gasteiger partial charge in [-0.2, -0.15) is 0 Å². The first-order chi connectivity index (χ1) is 38.5. The highest BCUT2D eigenvalue weighted by Gasteiger charge is 2.37. The van der Waals surface area contributed by atoms with Crippen LogP contribution in [0.5, 0.6) is 11.5 Å². The van der Waals surface area contributed by atoms with E-state index >= 15 is 0 Å². The standard InChI is InChI=1S/C33H45ClN2O9.C28H37ClN2O7.CH4.ClH/c1-21(42-30(40)43-26(31(2,3)4)20-36-29(39)45-32(5,6)7)41-28(38)33(8,9)44-25-16-10-22(11-17-25)18-19-35-27(37)23-12-14-24(34)15-13-23;1-18(36-26(34)37-23(17-30)27(2,3)4)35-25(33)28(5,6)38-22-13-7-19(8-14-22)15-16-31-24(32)20-9-11-21(29)12-10-20;;/h10-17,21,26H,18-20H2,1-9H3,(H,35,37)(H,36,39);7-14,18,23H,15-17,30H2,1-6H3,(H,31,32);1H4;1H. The van der Waals surface area contributed by atoms with Gasteiger partial charge in [0.25, 0.3) is 11.8 Å². The topological polar surface area (TPSA) is 265 Å². The maximum Gasteiger partial charge on any atom is 0.511 e. The van der Waals surface area contributed by atoms with Crippen molar-refractivity contribution in [2.24, 2.45) is 16.6 Å². The second-order valence-corrected chi connectivity index (χ2v) is 24.2. The molecule has 0 saturated carbocycles. The fourth-order valence-electron chi connectivity index (χ4n) is 6.95. The minimum absolute atomic E-state index is 0. The number of hydrogen-bond acceptors (Lipinski definition) is 17. The van der Waals surface area contributed by atoms with Crippen LogP contribution < -0.4 is 31.2 Å². The summed E-state index contributed by atoms with van der Waals surface area (Å²) in [6, 6.07) is 27.5. The van der Waals surface area contributed by atoms with Gasteiger partial charge in [0.1, 0.15) is 29.3 Å². The van der Waals surface area contributed by atoms with E-state index in [2.05, 4.69) is 16.0 Å². The smallest absolute Gasteiger partial charge is 0.476 e. The van der Waals surface area contributed by atoms with Crippen LogP contribution in [0, 0.1) is 10.8 Å². The molecule has 4 aromatic carbocycles. The van der Waals surface area contributed by atoms with Crippen LogP contribution in [0.2, 0.25) is 10.0 Å². The average molecular weight is 1250 g/mol. The van der Waals surface area contributed by atoms with Crippen molar-refractivity contribution in [2.45, 2.75) is 166 Å². The van der Waals surface area contributed by atoms with Crippen LogP contribution in [0.1, 0.15) is 143 Å². The summed E-state index contributed by atoms with van der Waals surface area (Å²) in [6.07, 6.45) is -5.29. The van der Waals surface area contributed by atoms with Crippen molar-refractivity contribution in [1.29, 1.82) is 0 Å². The number of nitrogens with one attached hydrogen (secondary N) is 3. The van der Waals surface area contributed by atoms with Gasteiger partial charge in [0, 0.05) is 65.5 Å². The quantitative estimate of drug-likeness (QED) is 0.0305. The van der Waals surface area contributed by atoms with Crippen molar-refractivity contribution in [3.05, 3.63) is 129 Å². The van der Waals surface area contributed by atoms with Crippen molar-refractivity contribution in [2.75, 3.05) is 26.2 Å². The molecule has 0 heterocycles. The molecule has 4 aromatic rings. The number of nitrogens with two attached hydrogens (primary N) is 1. The van der Waals surface area contributed by atoms with Crippen LogP contribution in [-0.4, -0.2) is 110 Å². The highest BCUT2D eigenvalue weighted by atomic mass is 35.5. The Morgan fingerprint density at radius 3 is 1.14 bits per heavy atom. The first-order valence-electron chi connectivity index (χ1n) is 26.9. The van der Waals surface area contributed by atoms with Gasteiger partial charge in [-0.1, -0.05) is 96.4 Å². The Labute approximate surface area is 516 Å². The van der Waals surface area contributed by atoms with E-state index in [4.69, 9.17) is 71.6 Å². The van der Waals surface area contributed by atoms with E-state index in [1.807, 2.05) is 65.8 Å². The Balaban J connectivity index is 0.000000841. The van der Waals surface area contributed by atoms with Crippen LogP contribution in [0.15, 0.2) is 97.1 Å². The zero-order valence-corrected chi connectivity index (χ0v) is 52.9. The highest BCUT2D eigenvalue weighted by Crippen LogP contribution is 2.26. The molecule has 0 aromatic heterocycles. The molecule has 0 aliphatic heterocycles. The SMILES string of the molecule is C.CC(OC(=O)OC(CN)C(C)(C)C)OC(=O)C(C)(C)Oc1ccc(CCNC(=O)c2ccc(Cl)cc2)cc1.CC(OC(=O)OC(CNC(=O)OC(C)(C)C)C(C)(C)C)OC(=O)C(C)(C)Oc1ccc(CCNC(=O)c2ccc(Cl)cc2)cc1.Cl. The summed E-state index contributed by atoms with van der Waals surface area (Å²) in [4.78, 5) is 86.6. The van der Waals surface area contributed by atoms with E-state index in [0.717, 1.165) is 11.1 Å². The molecule has 0 bridgehead atoms. The van der Waals surface area contributed by atoms with Crippen molar-refractivity contribution < 1.29 is 76.2 Å². The molecule has 5 N–H and O–H groups in total. The number of benzene rings is 4. The van der Waals surface area contributed by atoms with Crippen molar-refractivity contribution in [3.63, 3.8) is 0 Å². The molecule has 4 atom stereocenters. The molecule has 85 heavy (non-hydrogen) atoms. The molecule has 472 valence electrons. The largest absolute Gasteiger partial charge is 0.511 e. The van der Waals surface area contributed by atoms with Crippen LogP contribution in [0.25, 0.3) is 0 Å². The van der Waals surface area contributed by atoms with Gasteiger partial charge in [-0.05, 0) is 145 Å². The number of rotatable bonds is 23. The zero-order chi connectivity index (χ0) is 62.5. The Bertz CT molecular complexity index is 2760. The number of esters is 2. The van der Waals surface area contributed by atoms with Gasteiger partial charge in [0.2, 0.25) is 12.6 Å². The van der Waals surface area contributed by atoms with E-state index in [9.17, 15) is 33.6 Å². The number of ether oxygens (including phenoxy) is 9. The van der Waals surface area contributed by atoms with Gasteiger partial charge >= 0.3 is 30.3 Å². The van der Waals surface area contributed by atoms with E-state index in [1.165, 1.54) is 27.7 Å². The van der Waals surface area contributed by atoms with Gasteiger partial charge < -0.3 is 64.3 Å². The molecule has 0 fully saturated rings. The normalized spacial score (nSPS) is 12.8. The Morgan fingerprint density at radius 1 is 0.482 bits per heavy atom. The third-order valence-electron chi connectivity index (χ3n) is 11.7. The molecule has 4 unspecified atom stereocenters. The van der Waals surface area contributed by atoms with Gasteiger partial charge in [0.15, 0.2) is 11.2 Å². The lowest BCUT2D eigenvalue weighted by Crippen LogP contribution is -2.44. The number of carbonyl (C=O) groups is 7. The van der Waals surface area contributed by atoms with Gasteiger partial charge in [0.05, 0.1) is 6.54 Å². The number of halogens is 3. The molecular formula is C62H87Cl3N4O16. The lowest BCUT2D eigenvalue weighted by Gasteiger charge is -2.31. The van der Waals surface area contributed by atoms with Crippen LogP contribution in [0.4, 0.5) is 14.4 Å². The second-order valence-electron chi connectivity index (χ2n) is 23.3. The van der Waals surface area contributed by atoms with Gasteiger partial charge in [-0.25, -0.2) is 24.0 Å². The van der Waals surface area contributed by atoms with Gasteiger partial charge in [-0.3, -0.25) is 9.59 Å². The average Bonchev–Trinajstić information content (AvgIpc) is 3.59. The lowest BCUT2D eigenvalue weighted by atomic mass is 9.89. The summed E-state index contributed by atoms with van der Waals surface area (Å²) in [6.45, 7) is 26.3. The summed E-state index contributed by atoms with van der Waals surface area (Å²) in [5, 5.41) is 9.44. The Hall–Kier alpha value is -7.00. The molecule has 0 aliphatic carbocycles. The minimum atomic E-state index is -1.42. The Morgan fingerprint density at radius 2 is 0.824 bits per heavy atom. The molecule has 20 nitrogen and oxygen atoms in total. The molecule has 0 aliphatic rings. The first-order valence-corrected chi connectivity index (χ1v) is 27.7. The minimum Gasteiger partial charge on any atom is -0.476 e. The molecule has 0 spiro atoms. The summed E-state index contributed by atoms with van der Waals surface area (Å²) in [5.74, 6) is -0.993.